The van der Waals surface area contributed by atoms with Crippen molar-refractivity contribution in [2.75, 3.05) is 0 Å². The van der Waals surface area contributed by atoms with Gasteiger partial charge in [0.1, 0.15) is 5.82 Å². The maximum absolute atomic E-state index is 13.5. The fraction of sp³-hybridized carbons (Fsp3) is 0.308. The van der Waals surface area contributed by atoms with E-state index in [0.717, 1.165) is 16.7 Å². The van der Waals surface area contributed by atoms with Crippen molar-refractivity contribution in [3.63, 3.8) is 0 Å². The van der Waals surface area contributed by atoms with Crippen molar-refractivity contribution in [1.29, 1.82) is 0 Å². The monoisotopic (exact) mass is 455 g/mol. The van der Waals surface area contributed by atoms with Crippen LogP contribution in [-0.2, 0) is 0 Å². The van der Waals surface area contributed by atoms with Crippen LogP contribution in [0.1, 0.15) is 57.0 Å². The number of guanidine groups is 1. The van der Waals surface area contributed by atoms with Crippen molar-refractivity contribution in [2.45, 2.75) is 52.6 Å². The molecule has 0 radical (unpaired) electrons. The van der Waals surface area contributed by atoms with Gasteiger partial charge in [-0.2, -0.15) is 0 Å². The van der Waals surface area contributed by atoms with Crippen molar-refractivity contribution < 1.29 is 9.18 Å². The number of amides is 1. The molecule has 0 spiro atoms. The molecule has 1 amide bonds. The number of carbonyl (C=O) groups is 1. The highest BCUT2D eigenvalue weighted by Gasteiger charge is 2.18. The van der Waals surface area contributed by atoms with Crippen LogP contribution in [0.3, 0.4) is 0 Å². The van der Waals surface area contributed by atoms with Gasteiger partial charge in [0.25, 0.3) is 5.91 Å². The molecule has 0 bridgehead atoms. The Morgan fingerprint density at radius 1 is 1.19 bits per heavy atom. The molecule has 0 aliphatic rings. The molecule has 2 aromatic rings. The maximum Gasteiger partial charge on any atom is 0.258 e. The maximum atomic E-state index is 13.5. The van der Waals surface area contributed by atoms with Crippen LogP contribution >= 0.6 is 11.6 Å². The first-order chi connectivity index (χ1) is 15.0. The van der Waals surface area contributed by atoms with Gasteiger partial charge in [-0.3, -0.25) is 10.1 Å². The van der Waals surface area contributed by atoms with E-state index in [-0.39, 0.29) is 17.1 Å². The minimum atomic E-state index is -0.467. The summed E-state index contributed by atoms with van der Waals surface area (Å²) >= 11 is 6.04. The second-order valence-corrected chi connectivity index (χ2v) is 9.18. The number of hydrogen-bond acceptors (Lipinski definition) is 2. The highest BCUT2D eigenvalue weighted by molar-refractivity contribution is 6.30. The van der Waals surface area contributed by atoms with Gasteiger partial charge < -0.3 is 5.32 Å². The van der Waals surface area contributed by atoms with Crippen LogP contribution in [-0.4, -0.2) is 23.4 Å². The van der Waals surface area contributed by atoms with Gasteiger partial charge in [0.2, 0.25) is 0 Å². The Kier molecular flexibility index (Phi) is 8.79. The summed E-state index contributed by atoms with van der Waals surface area (Å²) in [6.07, 6.45) is 2.45. The topological polar surface area (TPSA) is 53.5 Å². The summed E-state index contributed by atoms with van der Waals surface area (Å²) in [6.45, 7) is 13.8. The smallest absolute Gasteiger partial charge is 0.258 e. The van der Waals surface area contributed by atoms with Crippen LogP contribution in [0.5, 0.6) is 0 Å². The normalized spacial score (nSPS) is 13.8. The third-order valence-electron chi connectivity index (χ3n) is 4.64. The third-order valence-corrected chi connectivity index (χ3v) is 4.89. The quantitative estimate of drug-likeness (QED) is 0.301. The molecule has 4 nitrogen and oxygen atoms in total. The Bertz CT molecular complexity index is 1020. The zero-order valence-corrected chi connectivity index (χ0v) is 20.1. The lowest BCUT2D eigenvalue weighted by Gasteiger charge is -2.25. The molecule has 2 rings (SSSR count). The Morgan fingerprint density at radius 2 is 1.84 bits per heavy atom. The second kappa shape index (κ2) is 11.1. The summed E-state index contributed by atoms with van der Waals surface area (Å²) in [4.78, 5) is 17.4. The van der Waals surface area contributed by atoms with Crippen LogP contribution in [0.4, 0.5) is 4.39 Å². The Morgan fingerprint density at radius 3 is 2.41 bits per heavy atom. The fourth-order valence-electron chi connectivity index (χ4n) is 3.10. The molecule has 0 aromatic heterocycles. The molecule has 2 aromatic carbocycles. The predicted octanol–water partition coefficient (Wildman–Crippen LogP) is 6.39. The molecule has 2 N–H and O–H groups in total. The Balaban J connectivity index is 2.30. The molecule has 0 aliphatic carbocycles. The zero-order valence-electron chi connectivity index (χ0n) is 19.3. The van der Waals surface area contributed by atoms with Gasteiger partial charge in [0.05, 0.1) is 6.04 Å². The summed E-state index contributed by atoms with van der Waals surface area (Å²) in [6, 6.07) is 13.1. The predicted molar refractivity (Wildman–Crippen MR) is 133 cm³/mol. The van der Waals surface area contributed by atoms with Gasteiger partial charge in [-0.15, -0.1) is 0 Å². The Labute approximate surface area is 195 Å². The largest absolute Gasteiger partial charge is 0.351 e. The highest BCUT2D eigenvalue weighted by atomic mass is 35.5. The van der Waals surface area contributed by atoms with E-state index in [9.17, 15) is 9.18 Å². The molecule has 0 fully saturated rings. The number of rotatable bonds is 6. The van der Waals surface area contributed by atoms with E-state index >= 15 is 0 Å². The van der Waals surface area contributed by atoms with Crippen LogP contribution in [0.25, 0.3) is 5.57 Å². The summed E-state index contributed by atoms with van der Waals surface area (Å²) in [5, 5.41) is 6.70. The van der Waals surface area contributed by atoms with Gasteiger partial charge in [0, 0.05) is 16.1 Å². The lowest BCUT2D eigenvalue weighted by molar-refractivity contribution is 0.0974. The number of nitrogens with zero attached hydrogens (tertiary/aromatic N) is 1. The van der Waals surface area contributed by atoms with Gasteiger partial charge in [0.15, 0.2) is 5.96 Å². The number of halogens is 2. The minimum absolute atomic E-state index is 0.159. The molecular formula is C26H31ClFN3O. The van der Waals surface area contributed by atoms with Crippen molar-refractivity contribution in [1.82, 2.24) is 10.6 Å². The van der Waals surface area contributed by atoms with E-state index in [0.29, 0.717) is 17.4 Å². The van der Waals surface area contributed by atoms with Gasteiger partial charge in [-0.1, -0.05) is 42.5 Å². The number of nitrogens with one attached hydrogen (secondary N) is 2. The number of allylic oxidation sites excluding steroid dienone is 2. The number of hydrogen-bond donors (Lipinski definition) is 2. The lowest BCUT2D eigenvalue weighted by Crippen LogP contribution is -2.49. The first kappa shape index (κ1) is 25.3. The van der Waals surface area contributed by atoms with Gasteiger partial charge in [-0.05, 0) is 88.1 Å². The van der Waals surface area contributed by atoms with Crippen molar-refractivity contribution in [2.24, 2.45) is 4.99 Å². The van der Waals surface area contributed by atoms with Crippen molar-refractivity contribution in [3.8, 4) is 0 Å². The summed E-state index contributed by atoms with van der Waals surface area (Å²) in [5.74, 6) is -0.556. The van der Waals surface area contributed by atoms with E-state index in [1.165, 1.54) is 18.2 Å². The number of benzene rings is 2. The molecule has 1 unspecified atom stereocenters. The van der Waals surface area contributed by atoms with Crippen molar-refractivity contribution in [3.05, 3.63) is 88.7 Å². The highest BCUT2D eigenvalue weighted by Crippen LogP contribution is 2.26. The average Bonchev–Trinajstić information content (AvgIpc) is 2.71. The third kappa shape index (κ3) is 7.97. The van der Waals surface area contributed by atoms with E-state index in [1.54, 1.807) is 6.07 Å². The molecule has 32 heavy (non-hydrogen) atoms. The first-order valence-electron chi connectivity index (χ1n) is 10.5. The van der Waals surface area contributed by atoms with Crippen LogP contribution in [0.2, 0.25) is 5.02 Å². The van der Waals surface area contributed by atoms with E-state index in [1.807, 2.05) is 65.0 Å². The van der Waals surface area contributed by atoms with Gasteiger partial charge >= 0.3 is 0 Å². The van der Waals surface area contributed by atoms with Crippen LogP contribution in [0, 0.1) is 5.82 Å². The molecule has 170 valence electrons. The summed E-state index contributed by atoms with van der Waals surface area (Å²) < 4.78 is 13.5. The van der Waals surface area contributed by atoms with E-state index in [2.05, 4.69) is 17.2 Å². The SMILES string of the molecule is C=CC(C)=C(CC(C)N=C(NC(=O)c1cccc(F)c1)NC(C)(C)C)c1ccc(Cl)cc1. The van der Waals surface area contributed by atoms with E-state index in [4.69, 9.17) is 16.6 Å². The summed E-state index contributed by atoms with van der Waals surface area (Å²) in [5.41, 5.74) is 3.08. The molecule has 0 saturated heterocycles. The molecular weight excluding hydrogens is 425 g/mol. The van der Waals surface area contributed by atoms with Crippen LogP contribution in [0.15, 0.2) is 71.8 Å². The average molecular weight is 456 g/mol. The fourth-order valence-corrected chi connectivity index (χ4v) is 3.23. The second-order valence-electron chi connectivity index (χ2n) is 8.74. The molecule has 0 saturated carbocycles. The van der Waals surface area contributed by atoms with Gasteiger partial charge in [-0.25, -0.2) is 9.38 Å². The number of aliphatic imine (C=N–C) groups is 1. The zero-order chi connectivity index (χ0) is 23.9. The molecule has 6 heteroatoms. The standard InChI is InChI=1S/C26H31ClFN3O/c1-7-17(2)23(19-11-13-21(27)14-12-19)15-18(3)29-25(31-26(4,5)6)30-24(32)20-9-8-10-22(28)16-20/h7-14,16,18H,1,15H2,2-6H3,(H2,29,30,31,32). The van der Waals surface area contributed by atoms with Crippen molar-refractivity contribution >= 4 is 29.0 Å². The van der Waals surface area contributed by atoms with Crippen LogP contribution < -0.4 is 10.6 Å². The number of carbonyl (C=O) groups excluding carboxylic acids is 1. The minimum Gasteiger partial charge on any atom is -0.351 e. The molecule has 0 heterocycles. The molecule has 1 atom stereocenters. The molecule has 0 aliphatic heterocycles. The first-order valence-corrected chi connectivity index (χ1v) is 10.9. The Hall–Kier alpha value is -2.92. The summed E-state index contributed by atoms with van der Waals surface area (Å²) in [7, 11) is 0. The van der Waals surface area contributed by atoms with E-state index < -0.39 is 11.7 Å². The lowest BCUT2D eigenvalue weighted by atomic mass is 9.95.